The molecule has 5 rings (SSSR count). The quantitative estimate of drug-likeness (QED) is 0.506. The molecule has 3 amide bonds. The van der Waals surface area contributed by atoms with Crippen molar-refractivity contribution in [1.29, 1.82) is 0 Å². The summed E-state index contributed by atoms with van der Waals surface area (Å²) in [5, 5.41) is 6.78. The number of ketones is 1. The van der Waals surface area contributed by atoms with Crippen LogP contribution < -0.4 is 15.4 Å². The Morgan fingerprint density at radius 2 is 1.71 bits per heavy atom. The first-order chi connectivity index (χ1) is 20.1. The molecule has 0 spiro atoms. The van der Waals surface area contributed by atoms with Crippen LogP contribution in [0.15, 0.2) is 42.5 Å². The van der Waals surface area contributed by atoms with Crippen molar-refractivity contribution in [2.75, 3.05) is 39.8 Å². The van der Waals surface area contributed by atoms with Gasteiger partial charge < -0.3 is 20.3 Å². The van der Waals surface area contributed by atoms with E-state index in [1.165, 1.54) is 36.2 Å². The zero-order valence-corrected chi connectivity index (χ0v) is 24.7. The molecule has 3 heterocycles. The van der Waals surface area contributed by atoms with Gasteiger partial charge in [0.15, 0.2) is 5.78 Å². The van der Waals surface area contributed by atoms with Crippen LogP contribution in [-0.4, -0.2) is 78.8 Å². The average molecular weight is 620 g/mol. The summed E-state index contributed by atoms with van der Waals surface area (Å²) in [5.41, 5.74) is -0.574. The summed E-state index contributed by atoms with van der Waals surface area (Å²) < 4.78 is 19.0. The number of nitrogens with zero attached hydrogens (tertiary/aromatic N) is 2. The molecule has 2 aromatic carbocycles. The van der Waals surface area contributed by atoms with Crippen molar-refractivity contribution in [2.45, 2.75) is 37.1 Å². The highest BCUT2D eigenvalue weighted by Crippen LogP contribution is 2.42. The summed E-state index contributed by atoms with van der Waals surface area (Å²) in [5.74, 6) is -1.62. The second-order valence-corrected chi connectivity index (χ2v) is 12.0. The zero-order chi connectivity index (χ0) is 30.0. The van der Waals surface area contributed by atoms with E-state index in [2.05, 4.69) is 10.6 Å². The Labute approximate surface area is 253 Å². The fraction of sp³-hybridized carbons (Fsp3) is 0.467. The van der Waals surface area contributed by atoms with Gasteiger partial charge in [0.1, 0.15) is 17.1 Å². The molecule has 42 heavy (non-hydrogen) atoms. The van der Waals surface area contributed by atoms with Crippen molar-refractivity contribution in [1.82, 2.24) is 20.4 Å². The van der Waals surface area contributed by atoms with Gasteiger partial charge >= 0.3 is 6.09 Å². The highest BCUT2D eigenvalue weighted by Gasteiger charge is 2.56. The lowest BCUT2D eigenvalue weighted by molar-refractivity contribution is -0.142. The van der Waals surface area contributed by atoms with Crippen LogP contribution in [0.5, 0.6) is 5.75 Å². The van der Waals surface area contributed by atoms with Crippen LogP contribution in [0.1, 0.15) is 37.2 Å². The van der Waals surface area contributed by atoms with E-state index in [4.69, 9.17) is 27.9 Å². The van der Waals surface area contributed by atoms with Crippen LogP contribution >= 0.6 is 23.2 Å². The van der Waals surface area contributed by atoms with E-state index in [1.807, 2.05) is 0 Å². The van der Waals surface area contributed by atoms with Gasteiger partial charge in [-0.3, -0.25) is 19.3 Å². The fourth-order valence-electron chi connectivity index (χ4n) is 6.35. The van der Waals surface area contributed by atoms with E-state index in [-0.39, 0.29) is 35.8 Å². The van der Waals surface area contributed by atoms with Gasteiger partial charge in [-0.25, -0.2) is 9.18 Å². The van der Waals surface area contributed by atoms with E-state index in [0.717, 1.165) is 5.56 Å². The van der Waals surface area contributed by atoms with Gasteiger partial charge in [-0.15, -0.1) is 0 Å². The minimum atomic E-state index is -1.32. The average Bonchev–Trinajstić information content (AvgIpc) is 3.45. The van der Waals surface area contributed by atoms with Crippen molar-refractivity contribution in [3.05, 3.63) is 63.9 Å². The van der Waals surface area contributed by atoms with Crippen LogP contribution in [0.4, 0.5) is 9.18 Å². The lowest BCUT2D eigenvalue weighted by Gasteiger charge is -2.44. The predicted octanol–water partition coefficient (Wildman–Crippen LogP) is 4.02. The van der Waals surface area contributed by atoms with Crippen molar-refractivity contribution >= 4 is 46.9 Å². The number of benzene rings is 2. The number of piperidine rings is 2. The number of ether oxygens (including phenoxy) is 1. The first-order valence-electron chi connectivity index (χ1n) is 14.1. The molecule has 3 aliphatic heterocycles. The molecule has 224 valence electrons. The molecular weight excluding hydrogens is 586 g/mol. The van der Waals surface area contributed by atoms with Gasteiger partial charge in [0.25, 0.3) is 0 Å². The third-order valence-corrected chi connectivity index (χ3v) is 9.51. The summed E-state index contributed by atoms with van der Waals surface area (Å²) in [6.45, 7) is 1.74. The molecule has 2 N–H and O–H groups in total. The fourth-order valence-corrected chi connectivity index (χ4v) is 6.66. The van der Waals surface area contributed by atoms with E-state index in [9.17, 15) is 23.6 Å². The molecule has 3 atom stereocenters. The standard InChI is InChI=1S/C30H33Cl2FN4O5/c1-36(29(41)42-22-6-4-21(33)5-7-22)30(17-34-16-23(30)19-2-8-24(31)25(32)14-19)27(39)18-10-12-37(13-11-18)28(40)20-3-9-26(38)35-15-20/h2,4-8,14,18,20,23,34H,3,9-13,15-17H2,1H3,(H,35,38)/t20?,23-,30+/m0/s1. The molecule has 1 unspecified atom stereocenters. The zero-order valence-electron chi connectivity index (χ0n) is 23.2. The third kappa shape index (κ3) is 5.98. The first kappa shape index (κ1) is 30.3. The molecule has 0 saturated carbocycles. The van der Waals surface area contributed by atoms with Gasteiger partial charge in [-0.1, -0.05) is 29.3 Å². The van der Waals surface area contributed by atoms with Gasteiger partial charge in [-0.05, 0) is 61.2 Å². The number of carbonyl (C=O) groups is 4. The summed E-state index contributed by atoms with van der Waals surface area (Å²) in [4.78, 5) is 55.8. The van der Waals surface area contributed by atoms with E-state index >= 15 is 0 Å². The van der Waals surface area contributed by atoms with Crippen molar-refractivity contribution in [3.63, 3.8) is 0 Å². The normalized spacial score (nSPS) is 24.7. The number of likely N-dealkylation sites (N-methyl/N-ethyl adjacent to an activating group) is 1. The van der Waals surface area contributed by atoms with Crippen LogP contribution in [-0.2, 0) is 14.4 Å². The maximum Gasteiger partial charge on any atom is 0.415 e. The Bertz CT molecular complexity index is 1360. The first-order valence-corrected chi connectivity index (χ1v) is 14.8. The number of rotatable bonds is 6. The Hall–Kier alpha value is -3.21. The molecule has 0 radical (unpaired) electrons. The molecule has 9 nitrogen and oxygen atoms in total. The maximum atomic E-state index is 14.6. The summed E-state index contributed by atoms with van der Waals surface area (Å²) in [6, 6.07) is 10.3. The van der Waals surface area contributed by atoms with Crippen molar-refractivity contribution in [2.24, 2.45) is 11.8 Å². The largest absolute Gasteiger partial charge is 0.415 e. The van der Waals surface area contributed by atoms with E-state index < -0.39 is 29.3 Å². The molecule has 12 heteroatoms. The molecule has 3 aliphatic rings. The monoisotopic (exact) mass is 618 g/mol. The number of amides is 3. The number of carbonyl (C=O) groups excluding carboxylic acids is 4. The Morgan fingerprint density at radius 1 is 1.00 bits per heavy atom. The lowest BCUT2D eigenvalue weighted by Crippen LogP contribution is -2.62. The smallest absolute Gasteiger partial charge is 0.410 e. The van der Waals surface area contributed by atoms with Crippen molar-refractivity contribution < 1.29 is 28.3 Å². The molecule has 0 bridgehead atoms. The van der Waals surface area contributed by atoms with E-state index in [1.54, 1.807) is 23.1 Å². The minimum Gasteiger partial charge on any atom is -0.410 e. The molecule has 0 aromatic heterocycles. The van der Waals surface area contributed by atoms with Gasteiger partial charge in [0, 0.05) is 58.0 Å². The second-order valence-electron chi connectivity index (χ2n) is 11.2. The lowest BCUT2D eigenvalue weighted by atomic mass is 9.72. The van der Waals surface area contributed by atoms with Gasteiger partial charge in [0.05, 0.1) is 16.0 Å². The number of Topliss-reactive ketones (excluding diaryl/α,β-unsaturated/α-hetero) is 1. The highest BCUT2D eigenvalue weighted by atomic mass is 35.5. The second kappa shape index (κ2) is 12.6. The molecule has 2 aromatic rings. The predicted molar refractivity (Wildman–Crippen MR) is 155 cm³/mol. The Kier molecular flexibility index (Phi) is 9.05. The molecular formula is C30H33Cl2FN4O5. The number of halogens is 3. The minimum absolute atomic E-state index is 0.00757. The van der Waals surface area contributed by atoms with Gasteiger partial charge in [0.2, 0.25) is 11.8 Å². The Balaban J connectivity index is 1.39. The van der Waals surface area contributed by atoms with Crippen LogP contribution in [0.2, 0.25) is 10.0 Å². The van der Waals surface area contributed by atoms with Crippen LogP contribution in [0, 0.1) is 17.7 Å². The molecule has 3 saturated heterocycles. The maximum absolute atomic E-state index is 14.6. The van der Waals surface area contributed by atoms with Crippen LogP contribution in [0.25, 0.3) is 0 Å². The number of likely N-dealkylation sites (tertiary alicyclic amines) is 1. The number of hydrogen-bond acceptors (Lipinski definition) is 6. The number of nitrogens with one attached hydrogen (secondary N) is 2. The molecule has 0 aliphatic carbocycles. The van der Waals surface area contributed by atoms with Crippen molar-refractivity contribution in [3.8, 4) is 5.75 Å². The summed E-state index contributed by atoms with van der Waals surface area (Å²) in [6.07, 6.45) is 0.985. The van der Waals surface area contributed by atoms with E-state index in [0.29, 0.717) is 61.9 Å². The summed E-state index contributed by atoms with van der Waals surface area (Å²) >= 11 is 12.5. The van der Waals surface area contributed by atoms with Gasteiger partial charge in [-0.2, -0.15) is 0 Å². The molecule has 3 fully saturated rings. The number of hydrogen-bond donors (Lipinski definition) is 2. The highest BCUT2D eigenvalue weighted by molar-refractivity contribution is 6.42. The Morgan fingerprint density at radius 3 is 2.36 bits per heavy atom. The third-order valence-electron chi connectivity index (χ3n) is 8.78. The summed E-state index contributed by atoms with van der Waals surface area (Å²) in [7, 11) is 1.54. The van der Waals surface area contributed by atoms with Crippen LogP contribution in [0.3, 0.4) is 0 Å². The SMILES string of the molecule is CN(C(=O)Oc1ccc(F)cc1)[C@]1(C(=O)C2CCN(C(=O)C3CCC(=O)NC3)CC2)CNC[C@H]1c1ccc(Cl)c(Cl)c1. The topological polar surface area (TPSA) is 108 Å².